The SMILES string of the molecule is C=CCOc1ccc2c(c1)C(=O)N/C2=C\Cc1ccccc1. The van der Waals surface area contributed by atoms with Crippen molar-refractivity contribution in [1.82, 2.24) is 5.32 Å². The van der Waals surface area contributed by atoms with E-state index in [4.69, 9.17) is 4.74 Å². The minimum Gasteiger partial charge on any atom is -0.490 e. The fourth-order valence-corrected chi connectivity index (χ4v) is 2.44. The predicted octanol–water partition coefficient (Wildman–Crippen LogP) is 3.58. The fourth-order valence-electron chi connectivity index (χ4n) is 2.44. The summed E-state index contributed by atoms with van der Waals surface area (Å²) in [5.74, 6) is 0.594. The summed E-state index contributed by atoms with van der Waals surface area (Å²) in [5, 5.41) is 2.92. The van der Waals surface area contributed by atoms with Crippen LogP contribution >= 0.6 is 0 Å². The van der Waals surface area contributed by atoms with Gasteiger partial charge in [0.2, 0.25) is 0 Å². The van der Waals surface area contributed by atoms with Gasteiger partial charge in [0.1, 0.15) is 12.4 Å². The number of ether oxygens (including phenoxy) is 1. The Labute approximate surface area is 129 Å². The van der Waals surface area contributed by atoms with Gasteiger partial charge in [0.05, 0.1) is 5.56 Å². The van der Waals surface area contributed by atoms with E-state index in [2.05, 4.69) is 24.0 Å². The molecule has 3 nitrogen and oxygen atoms in total. The van der Waals surface area contributed by atoms with Crippen LogP contribution in [0.25, 0.3) is 5.70 Å². The van der Waals surface area contributed by atoms with E-state index in [0.29, 0.717) is 17.9 Å². The van der Waals surface area contributed by atoms with Crippen molar-refractivity contribution in [2.45, 2.75) is 6.42 Å². The molecule has 0 spiro atoms. The van der Waals surface area contributed by atoms with Crippen molar-refractivity contribution in [1.29, 1.82) is 0 Å². The van der Waals surface area contributed by atoms with E-state index in [1.54, 1.807) is 12.1 Å². The van der Waals surface area contributed by atoms with Crippen LogP contribution in [0.3, 0.4) is 0 Å². The van der Waals surface area contributed by atoms with Gasteiger partial charge in [-0.2, -0.15) is 0 Å². The second kappa shape index (κ2) is 6.31. The minimum atomic E-state index is -0.0848. The molecule has 0 bridgehead atoms. The highest BCUT2D eigenvalue weighted by Crippen LogP contribution is 2.28. The van der Waals surface area contributed by atoms with E-state index < -0.39 is 0 Å². The number of hydrogen-bond donors (Lipinski definition) is 1. The molecule has 1 N–H and O–H groups in total. The average molecular weight is 291 g/mol. The normalized spacial score (nSPS) is 14.5. The number of carbonyl (C=O) groups excluding carboxylic acids is 1. The van der Waals surface area contributed by atoms with E-state index in [-0.39, 0.29) is 5.91 Å². The second-order valence-corrected chi connectivity index (χ2v) is 5.07. The predicted molar refractivity (Wildman–Crippen MR) is 87.7 cm³/mol. The molecule has 0 unspecified atom stereocenters. The quantitative estimate of drug-likeness (QED) is 0.855. The van der Waals surface area contributed by atoms with E-state index in [1.807, 2.05) is 36.4 Å². The summed E-state index contributed by atoms with van der Waals surface area (Å²) >= 11 is 0. The molecule has 0 radical (unpaired) electrons. The topological polar surface area (TPSA) is 38.3 Å². The average Bonchev–Trinajstić information content (AvgIpc) is 2.88. The zero-order chi connectivity index (χ0) is 15.4. The van der Waals surface area contributed by atoms with Crippen molar-refractivity contribution in [3.63, 3.8) is 0 Å². The zero-order valence-electron chi connectivity index (χ0n) is 12.2. The molecular formula is C19H17NO2. The van der Waals surface area contributed by atoms with Gasteiger partial charge in [0.15, 0.2) is 0 Å². The van der Waals surface area contributed by atoms with Gasteiger partial charge in [-0.05, 0) is 30.2 Å². The zero-order valence-corrected chi connectivity index (χ0v) is 12.2. The number of amides is 1. The molecule has 0 saturated carbocycles. The van der Waals surface area contributed by atoms with Gasteiger partial charge in [-0.1, -0.05) is 49.1 Å². The van der Waals surface area contributed by atoms with E-state index in [1.165, 1.54) is 5.56 Å². The van der Waals surface area contributed by atoms with Crippen LogP contribution in [-0.4, -0.2) is 12.5 Å². The Balaban J connectivity index is 1.83. The Morgan fingerprint density at radius 2 is 1.91 bits per heavy atom. The molecule has 0 aromatic heterocycles. The maximum atomic E-state index is 12.1. The molecule has 3 heteroatoms. The molecule has 1 aliphatic rings. The third-order valence-corrected chi connectivity index (χ3v) is 3.53. The maximum Gasteiger partial charge on any atom is 0.256 e. The lowest BCUT2D eigenvalue weighted by Crippen LogP contribution is -2.12. The first kappa shape index (κ1) is 14.1. The highest BCUT2D eigenvalue weighted by Gasteiger charge is 2.23. The second-order valence-electron chi connectivity index (χ2n) is 5.07. The van der Waals surface area contributed by atoms with Crippen LogP contribution in [0.15, 0.2) is 67.3 Å². The van der Waals surface area contributed by atoms with Gasteiger partial charge >= 0.3 is 0 Å². The van der Waals surface area contributed by atoms with Crippen molar-refractivity contribution in [3.8, 4) is 5.75 Å². The summed E-state index contributed by atoms with van der Waals surface area (Å²) in [6, 6.07) is 15.7. The first-order valence-corrected chi connectivity index (χ1v) is 7.21. The summed E-state index contributed by atoms with van der Waals surface area (Å²) in [6.07, 6.45) is 4.51. The highest BCUT2D eigenvalue weighted by molar-refractivity contribution is 6.09. The summed E-state index contributed by atoms with van der Waals surface area (Å²) in [6.45, 7) is 4.04. The molecule has 0 saturated heterocycles. The standard InChI is InChI=1S/C19H17NO2/c1-2-12-22-15-9-10-16-17(13-15)19(21)20-18(16)11-8-14-6-4-3-5-7-14/h2-7,9-11,13H,1,8,12H2,(H,20,21)/b18-11-. The largest absolute Gasteiger partial charge is 0.490 e. The molecule has 0 aliphatic carbocycles. The van der Waals surface area contributed by atoms with Crippen LogP contribution in [0.5, 0.6) is 5.75 Å². The van der Waals surface area contributed by atoms with Gasteiger partial charge in [-0.25, -0.2) is 0 Å². The lowest BCUT2D eigenvalue weighted by atomic mass is 10.1. The first-order valence-electron chi connectivity index (χ1n) is 7.21. The van der Waals surface area contributed by atoms with E-state index >= 15 is 0 Å². The van der Waals surface area contributed by atoms with Crippen LogP contribution in [0.4, 0.5) is 0 Å². The lowest BCUT2D eigenvalue weighted by Gasteiger charge is -2.05. The first-order chi connectivity index (χ1) is 10.8. The number of allylic oxidation sites excluding steroid dienone is 1. The molecule has 0 atom stereocenters. The molecule has 2 aromatic carbocycles. The Bertz CT molecular complexity index is 732. The van der Waals surface area contributed by atoms with Crippen molar-refractivity contribution in [2.24, 2.45) is 0 Å². The van der Waals surface area contributed by atoms with Crippen molar-refractivity contribution < 1.29 is 9.53 Å². The molecule has 1 heterocycles. The third-order valence-electron chi connectivity index (χ3n) is 3.53. The Morgan fingerprint density at radius 3 is 2.68 bits per heavy atom. The number of hydrogen-bond acceptors (Lipinski definition) is 2. The van der Waals surface area contributed by atoms with E-state index in [9.17, 15) is 4.79 Å². The van der Waals surface area contributed by atoms with Crippen LogP contribution in [0.1, 0.15) is 21.5 Å². The molecule has 110 valence electrons. The van der Waals surface area contributed by atoms with Crippen molar-refractivity contribution in [3.05, 3.63) is 84.0 Å². The fraction of sp³-hybridized carbons (Fsp3) is 0.105. The number of fused-ring (bicyclic) bond motifs is 1. The monoisotopic (exact) mass is 291 g/mol. The van der Waals surface area contributed by atoms with Gasteiger partial charge in [-0.3, -0.25) is 4.79 Å². The van der Waals surface area contributed by atoms with Gasteiger partial charge in [0, 0.05) is 11.3 Å². The van der Waals surface area contributed by atoms with Gasteiger partial charge in [-0.15, -0.1) is 0 Å². The molecule has 1 amide bonds. The number of rotatable bonds is 5. The van der Waals surface area contributed by atoms with Crippen LogP contribution in [0.2, 0.25) is 0 Å². The van der Waals surface area contributed by atoms with Crippen LogP contribution in [-0.2, 0) is 6.42 Å². The Morgan fingerprint density at radius 1 is 1.09 bits per heavy atom. The Hall–Kier alpha value is -2.81. The van der Waals surface area contributed by atoms with Crippen molar-refractivity contribution >= 4 is 11.6 Å². The van der Waals surface area contributed by atoms with Gasteiger partial charge < -0.3 is 10.1 Å². The Kier molecular flexibility index (Phi) is 4.05. The lowest BCUT2D eigenvalue weighted by molar-refractivity contribution is 0.0980. The summed E-state index contributed by atoms with van der Waals surface area (Å²) in [7, 11) is 0. The smallest absolute Gasteiger partial charge is 0.256 e. The van der Waals surface area contributed by atoms with Gasteiger partial charge in [0.25, 0.3) is 5.91 Å². The maximum absolute atomic E-state index is 12.1. The number of carbonyl (C=O) groups is 1. The summed E-state index contributed by atoms with van der Waals surface area (Å²) in [5.41, 5.74) is 3.65. The molecule has 1 aliphatic heterocycles. The molecule has 0 fully saturated rings. The van der Waals surface area contributed by atoms with E-state index in [0.717, 1.165) is 17.7 Å². The summed E-state index contributed by atoms with van der Waals surface area (Å²) < 4.78 is 5.48. The third kappa shape index (κ3) is 2.93. The minimum absolute atomic E-state index is 0.0848. The number of benzene rings is 2. The molecule has 2 aromatic rings. The van der Waals surface area contributed by atoms with Crippen molar-refractivity contribution in [2.75, 3.05) is 6.61 Å². The number of nitrogens with one attached hydrogen (secondary N) is 1. The summed E-state index contributed by atoms with van der Waals surface area (Å²) in [4.78, 5) is 12.1. The molecule has 22 heavy (non-hydrogen) atoms. The highest BCUT2D eigenvalue weighted by atomic mass is 16.5. The molecule has 3 rings (SSSR count). The van der Waals surface area contributed by atoms with Crippen LogP contribution < -0.4 is 10.1 Å². The molecular weight excluding hydrogens is 274 g/mol. The van der Waals surface area contributed by atoms with Crippen LogP contribution in [0, 0.1) is 0 Å².